The molecule has 0 spiro atoms. The highest BCUT2D eigenvalue weighted by atomic mass is 19.3. The Morgan fingerprint density at radius 2 is 0.583 bits per heavy atom. The molecule has 0 saturated carbocycles. The number of hydrogen-bond acceptors (Lipinski definition) is 0. The summed E-state index contributed by atoms with van der Waals surface area (Å²) in [5.41, 5.74) is 0. The van der Waals surface area contributed by atoms with Gasteiger partial charge in [-0.25, -0.2) is 17.6 Å². The summed E-state index contributed by atoms with van der Waals surface area (Å²) in [6.07, 6.45) is 0. The summed E-state index contributed by atoms with van der Waals surface area (Å²) >= 11 is 0. The van der Waals surface area contributed by atoms with E-state index in [1.54, 1.807) is 0 Å². The van der Waals surface area contributed by atoms with Crippen molar-refractivity contribution >= 4 is 0 Å². The largest absolute Gasteiger partial charge is 0.251 e. The van der Waals surface area contributed by atoms with Crippen molar-refractivity contribution in [3.8, 4) is 0 Å². The Labute approximate surface area is 68.6 Å². The fourth-order valence-corrected chi connectivity index (χ4v) is 0. The van der Waals surface area contributed by atoms with E-state index < -0.39 is 13.9 Å². The van der Waals surface area contributed by atoms with Crippen LogP contribution in [0.1, 0.15) is 13.8 Å². The van der Waals surface area contributed by atoms with E-state index in [1.807, 2.05) is 0 Å². The molecular formula is C6H14F6. The van der Waals surface area contributed by atoms with E-state index in [9.17, 15) is 26.3 Å². The molecule has 0 nitrogen and oxygen atoms in total. The van der Waals surface area contributed by atoms with Gasteiger partial charge in [0.05, 0.1) is 13.3 Å². The molecule has 80 valence electrons. The molecule has 0 radical (unpaired) electrons. The molecule has 0 N–H and O–H groups in total. The van der Waals surface area contributed by atoms with E-state index >= 15 is 0 Å². The van der Waals surface area contributed by atoms with Gasteiger partial charge in [0.1, 0.15) is 0 Å². The normalized spacial score (nSPS) is 6.00. The Hall–Kier alpha value is -0.420. The predicted molar refractivity (Wildman–Crippen MR) is 37.5 cm³/mol. The van der Waals surface area contributed by atoms with Gasteiger partial charge in [0.2, 0.25) is 13.9 Å². The van der Waals surface area contributed by atoms with Crippen molar-refractivity contribution < 1.29 is 26.3 Å². The lowest BCUT2D eigenvalue weighted by atomic mass is 10.9. The Bertz CT molecular complexity index is 20.0. The second kappa shape index (κ2) is 75.8. The van der Waals surface area contributed by atoms with Crippen LogP contribution in [0.4, 0.5) is 26.3 Å². The summed E-state index contributed by atoms with van der Waals surface area (Å²) < 4.78 is 59.1. The lowest BCUT2D eigenvalue weighted by molar-refractivity contribution is 0.295. The van der Waals surface area contributed by atoms with Gasteiger partial charge in [-0.2, -0.15) is 0 Å². The molecule has 0 bridgehead atoms. The molecule has 6 heteroatoms. The minimum atomic E-state index is -1.75. The van der Waals surface area contributed by atoms with Crippen molar-refractivity contribution in [3.05, 3.63) is 0 Å². The van der Waals surface area contributed by atoms with Gasteiger partial charge in [0.25, 0.3) is 0 Å². The molecule has 0 aromatic carbocycles. The Balaban J connectivity index is -0.0000000356. The first kappa shape index (κ1) is 22.6. The fraction of sp³-hybridized carbons (Fsp3) is 1.00. The van der Waals surface area contributed by atoms with Crippen LogP contribution in [0.5, 0.6) is 0 Å². The lowest BCUT2D eigenvalue weighted by Crippen LogP contribution is -1.40. The van der Waals surface area contributed by atoms with Gasteiger partial charge in [-0.3, -0.25) is 8.78 Å². The molecule has 0 atom stereocenters. The minimum Gasteiger partial charge on any atom is -0.251 e. The van der Waals surface area contributed by atoms with Gasteiger partial charge < -0.3 is 0 Å². The monoisotopic (exact) mass is 200 g/mol. The van der Waals surface area contributed by atoms with Crippen molar-refractivity contribution in [2.24, 2.45) is 0 Å². The zero-order chi connectivity index (χ0) is 10.8. The average molecular weight is 200 g/mol. The average Bonchev–Trinajstić information content (AvgIpc) is 1.92. The highest BCUT2D eigenvalue weighted by Crippen LogP contribution is 1.56. The van der Waals surface area contributed by atoms with Crippen LogP contribution in [0.2, 0.25) is 0 Å². The molecule has 0 aromatic heterocycles. The molecule has 0 saturated heterocycles. The standard InChI is InChI=1S/2C2H5F.2CH2F2/c2*1-2-3;2*2-1-3/h2*2H2,1H3;2*1H2. The van der Waals surface area contributed by atoms with Crippen molar-refractivity contribution in [3.63, 3.8) is 0 Å². The molecule has 0 amide bonds. The van der Waals surface area contributed by atoms with Gasteiger partial charge in [-0.05, 0) is 13.8 Å². The van der Waals surface area contributed by atoms with E-state index in [-0.39, 0.29) is 13.3 Å². The first-order chi connectivity index (χ1) is 5.66. The maximum Gasteiger partial charge on any atom is 0.229 e. The molecule has 0 rings (SSSR count). The molecule has 12 heavy (non-hydrogen) atoms. The third kappa shape index (κ3) is 4000. The molecule has 0 heterocycles. The smallest absolute Gasteiger partial charge is 0.229 e. The molecule has 0 aliphatic rings. The van der Waals surface area contributed by atoms with E-state index in [2.05, 4.69) is 0 Å². The quantitative estimate of drug-likeness (QED) is 0.523. The summed E-state index contributed by atoms with van der Waals surface area (Å²) in [7, 11) is 0. The number of halogens is 6. The van der Waals surface area contributed by atoms with Gasteiger partial charge >= 0.3 is 0 Å². The number of alkyl halides is 6. The summed E-state index contributed by atoms with van der Waals surface area (Å²) in [6.45, 7) is -1.08. The zero-order valence-electron chi connectivity index (χ0n) is 7.10. The van der Waals surface area contributed by atoms with Crippen LogP contribution in [-0.4, -0.2) is 27.2 Å². The Kier molecular flexibility index (Phi) is 142. The van der Waals surface area contributed by atoms with Crippen LogP contribution in [-0.2, 0) is 0 Å². The van der Waals surface area contributed by atoms with E-state index in [0.717, 1.165) is 0 Å². The predicted octanol–water partition coefficient (Wildman–Crippen LogP) is 3.72. The topological polar surface area (TPSA) is 0 Å². The molecular weight excluding hydrogens is 186 g/mol. The molecule has 0 aliphatic carbocycles. The summed E-state index contributed by atoms with van der Waals surface area (Å²) in [5, 5.41) is 0. The van der Waals surface area contributed by atoms with Crippen molar-refractivity contribution in [1.29, 1.82) is 0 Å². The van der Waals surface area contributed by atoms with Crippen LogP contribution >= 0.6 is 0 Å². The zero-order valence-corrected chi connectivity index (χ0v) is 7.10. The van der Waals surface area contributed by atoms with E-state index in [1.165, 1.54) is 13.8 Å². The SMILES string of the molecule is CCF.CCF.FCF.FCF. The van der Waals surface area contributed by atoms with Gasteiger partial charge in [0.15, 0.2) is 0 Å². The summed E-state index contributed by atoms with van der Waals surface area (Å²) in [5.74, 6) is 0. The third-order valence-electron chi connectivity index (χ3n) is 0. The van der Waals surface area contributed by atoms with Gasteiger partial charge in [-0.1, -0.05) is 0 Å². The van der Waals surface area contributed by atoms with Crippen LogP contribution in [0.25, 0.3) is 0 Å². The number of hydrogen-bond donors (Lipinski definition) is 0. The van der Waals surface area contributed by atoms with Crippen LogP contribution in [0.3, 0.4) is 0 Å². The van der Waals surface area contributed by atoms with Crippen molar-refractivity contribution in [2.45, 2.75) is 13.8 Å². The molecule has 0 unspecified atom stereocenters. The first-order valence-corrected chi connectivity index (χ1v) is 3.02. The van der Waals surface area contributed by atoms with E-state index in [0.29, 0.717) is 0 Å². The van der Waals surface area contributed by atoms with Crippen molar-refractivity contribution in [2.75, 3.05) is 27.2 Å². The fourth-order valence-electron chi connectivity index (χ4n) is 0. The number of rotatable bonds is 0. The minimum absolute atomic E-state index is 0.250. The Morgan fingerprint density at radius 3 is 0.583 bits per heavy atom. The maximum absolute atomic E-state index is 10.3. The Morgan fingerprint density at radius 1 is 0.583 bits per heavy atom. The van der Waals surface area contributed by atoms with E-state index in [4.69, 9.17) is 0 Å². The first-order valence-electron chi connectivity index (χ1n) is 3.02. The molecule has 0 fully saturated rings. The van der Waals surface area contributed by atoms with Gasteiger partial charge in [-0.15, -0.1) is 0 Å². The van der Waals surface area contributed by atoms with Crippen LogP contribution in [0, 0.1) is 0 Å². The maximum atomic E-state index is 10.3. The summed E-state index contributed by atoms with van der Waals surface area (Å²) in [6, 6.07) is 0. The summed E-state index contributed by atoms with van der Waals surface area (Å²) in [4.78, 5) is 0. The molecule has 0 aromatic rings. The second-order valence-electron chi connectivity index (χ2n) is 0.737. The molecule has 0 aliphatic heterocycles. The highest BCUT2D eigenvalue weighted by Gasteiger charge is 1.44. The van der Waals surface area contributed by atoms with Crippen LogP contribution < -0.4 is 0 Å². The third-order valence-corrected chi connectivity index (χ3v) is 0. The van der Waals surface area contributed by atoms with Crippen LogP contribution in [0.15, 0.2) is 0 Å². The second-order valence-corrected chi connectivity index (χ2v) is 0.737. The van der Waals surface area contributed by atoms with Crippen molar-refractivity contribution in [1.82, 2.24) is 0 Å². The lowest BCUT2D eigenvalue weighted by Gasteiger charge is -1.45. The highest BCUT2D eigenvalue weighted by molar-refractivity contribution is 3.86. The van der Waals surface area contributed by atoms with Gasteiger partial charge in [0, 0.05) is 0 Å².